The summed E-state index contributed by atoms with van der Waals surface area (Å²) >= 11 is 0. The second kappa shape index (κ2) is 8.49. The minimum atomic E-state index is 0.615. The zero-order valence-electron chi connectivity index (χ0n) is 17.0. The summed E-state index contributed by atoms with van der Waals surface area (Å²) in [7, 11) is 4.89. The van der Waals surface area contributed by atoms with Gasteiger partial charge in [-0.15, -0.1) is 0 Å². The van der Waals surface area contributed by atoms with E-state index in [1.807, 2.05) is 48.7 Å². The van der Waals surface area contributed by atoms with Crippen LogP contribution in [-0.2, 0) is 19.5 Å². The third-order valence-electron chi connectivity index (χ3n) is 5.18. The minimum Gasteiger partial charge on any atom is -0.493 e. The summed E-state index contributed by atoms with van der Waals surface area (Å²) in [6.07, 6.45) is 2.87. The predicted octanol–water partition coefficient (Wildman–Crippen LogP) is 3.73. The van der Waals surface area contributed by atoms with Gasteiger partial charge in [0.05, 0.1) is 27.0 Å². The van der Waals surface area contributed by atoms with Crippen LogP contribution in [0.4, 0.5) is 0 Å². The Kier molecular flexibility index (Phi) is 5.62. The Labute approximate surface area is 171 Å². The first-order valence-electron chi connectivity index (χ1n) is 9.63. The average molecular weight is 391 g/mol. The molecule has 0 amide bonds. The lowest BCUT2D eigenvalue weighted by Crippen LogP contribution is -2.31. The summed E-state index contributed by atoms with van der Waals surface area (Å²) in [5, 5.41) is 0. The van der Waals surface area contributed by atoms with Crippen LogP contribution in [0.2, 0.25) is 0 Å². The van der Waals surface area contributed by atoms with Crippen LogP contribution in [0, 0.1) is 0 Å². The van der Waals surface area contributed by atoms with Gasteiger partial charge in [-0.1, -0.05) is 30.3 Å². The van der Waals surface area contributed by atoms with Crippen molar-refractivity contribution in [3.05, 3.63) is 65.5 Å². The molecule has 0 bridgehead atoms. The van der Waals surface area contributed by atoms with E-state index in [2.05, 4.69) is 9.88 Å². The first-order valence-corrected chi connectivity index (χ1v) is 9.63. The molecule has 0 atom stereocenters. The third-order valence-corrected chi connectivity index (χ3v) is 5.18. The van der Waals surface area contributed by atoms with E-state index in [-0.39, 0.29) is 0 Å². The van der Waals surface area contributed by atoms with Crippen molar-refractivity contribution in [2.45, 2.75) is 19.5 Å². The SMILES string of the molecule is COc1cc(CN2CCc3nc(-c4ccccc4)ncc3C2)cc(OC)c1OC. The molecular weight excluding hydrogens is 366 g/mol. The van der Waals surface area contributed by atoms with Crippen molar-refractivity contribution in [3.8, 4) is 28.6 Å². The minimum absolute atomic E-state index is 0.615. The largest absolute Gasteiger partial charge is 0.493 e. The summed E-state index contributed by atoms with van der Waals surface area (Å²) in [5.74, 6) is 2.76. The van der Waals surface area contributed by atoms with E-state index in [1.54, 1.807) is 21.3 Å². The zero-order valence-corrected chi connectivity index (χ0v) is 17.0. The van der Waals surface area contributed by atoms with Gasteiger partial charge in [0.2, 0.25) is 5.75 Å². The highest BCUT2D eigenvalue weighted by Gasteiger charge is 2.20. The third kappa shape index (κ3) is 4.03. The maximum atomic E-state index is 5.48. The van der Waals surface area contributed by atoms with Crippen LogP contribution >= 0.6 is 0 Å². The number of rotatable bonds is 6. The van der Waals surface area contributed by atoms with Gasteiger partial charge >= 0.3 is 0 Å². The van der Waals surface area contributed by atoms with Gasteiger partial charge in [-0.05, 0) is 17.7 Å². The Bertz CT molecular complexity index is 967. The van der Waals surface area contributed by atoms with Crippen molar-refractivity contribution in [3.63, 3.8) is 0 Å². The Morgan fingerprint density at radius 1 is 0.966 bits per heavy atom. The molecule has 0 saturated heterocycles. The standard InChI is InChI=1S/C23H25N3O3/c1-27-20-11-16(12-21(28-2)22(20)29-3)14-26-10-9-19-18(15-26)13-24-23(25-19)17-7-5-4-6-8-17/h4-8,11-13H,9-10,14-15H2,1-3H3. The number of hydrogen-bond donors (Lipinski definition) is 0. The number of fused-ring (bicyclic) bond motifs is 1. The molecule has 0 aliphatic carbocycles. The quantitative estimate of drug-likeness (QED) is 0.638. The van der Waals surface area contributed by atoms with E-state index in [9.17, 15) is 0 Å². The van der Waals surface area contributed by atoms with Crippen LogP contribution in [0.15, 0.2) is 48.7 Å². The van der Waals surface area contributed by atoms with E-state index in [1.165, 1.54) is 5.56 Å². The van der Waals surface area contributed by atoms with Crippen molar-refractivity contribution < 1.29 is 14.2 Å². The Hall–Kier alpha value is -3.12. The summed E-state index contributed by atoms with van der Waals surface area (Å²) in [5.41, 5.74) is 4.49. The second-order valence-electron chi connectivity index (χ2n) is 7.03. The maximum Gasteiger partial charge on any atom is 0.203 e. The van der Waals surface area contributed by atoms with Crippen LogP contribution in [0.5, 0.6) is 17.2 Å². The number of benzene rings is 2. The summed E-state index contributed by atoms with van der Waals surface area (Å²) in [6.45, 7) is 2.55. The highest BCUT2D eigenvalue weighted by Crippen LogP contribution is 2.38. The maximum absolute atomic E-state index is 5.48. The molecule has 0 radical (unpaired) electrons. The molecule has 1 aromatic heterocycles. The smallest absolute Gasteiger partial charge is 0.203 e. The number of hydrogen-bond acceptors (Lipinski definition) is 6. The molecule has 1 aliphatic heterocycles. The van der Waals surface area contributed by atoms with Gasteiger partial charge in [-0.25, -0.2) is 9.97 Å². The number of ether oxygens (including phenoxy) is 3. The highest BCUT2D eigenvalue weighted by atomic mass is 16.5. The number of aromatic nitrogens is 2. The van der Waals surface area contributed by atoms with E-state index in [4.69, 9.17) is 19.2 Å². The normalized spacial score (nSPS) is 13.6. The first-order chi connectivity index (χ1) is 14.2. The topological polar surface area (TPSA) is 56.7 Å². The molecule has 6 heteroatoms. The number of nitrogens with zero attached hydrogens (tertiary/aromatic N) is 3. The van der Waals surface area contributed by atoms with Gasteiger partial charge in [0.15, 0.2) is 17.3 Å². The van der Waals surface area contributed by atoms with E-state index in [0.717, 1.165) is 48.7 Å². The molecule has 2 heterocycles. The molecule has 0 fully saturated rings. The van der Waals surface area contributed by atoms with Gasteiger partial charge in [0.1, 0.15) is 0 Å². The summed E-state index contributed by atoms with van der Waals surface area (Å²) in [4.78, 5) is 11.8. The fourth-order valence-corrected chi connectivity index (χ4v) is 3.72. The molecule has 3 aromatic rings. The Balaban J connectivity index is 1.52. The first kappa shape index (κ1) is 19.2. The molecule has 6 nitrogen and oxygen atoms in total. The van der Waals surface area contributed by atoms with Crippen molar-refractivity contribution >= 4 is 0 Å². The lowest BCUT2D eigenvalue weighted by molar-refractivity contribution is 0.241. The molecule has 4 rings (SSSR count). The number of methoxy groups -OCH3 is 3. The zero-order chi connectivity index (χ0) is 20.2. The average Bonchev–Trinajstić information content (AvgIpc) is 2.78. The van der Waals surface area contributed by atoms with E-state index >= 15 is 0 Å². The molecule has 150 valence electrons. The highest BCUT2D eigenvalue weighted by molar-refractivity contribution is 5.55. The van der Waals surface area contributed by atoms with Gasteiger partial charge in [0.25, 0.3) is 0 Å². The monoisotopic (exact) mass is 391 g/mol. The lowest BCUT2D eigenvalue weighted by atomic mass is 10.1. The van der Waals surface area contributed by atoms with Crippen molar-refractivity contribution in [1.29, 1.82) is 0 Å². The van der Waals surface area contributed by atoms with Crippen LogP contribution in [0.1, 0.15) is 16.8 Å². The molecule has 29 heavy (non-hydrogen) atoms. The molecular formula is C23H25N3O3. The lowest BCUT2D eigenvalue weighted by Gasteiger charge is -2.28. The molecule has 0 unspecified atom stereocenters. The molecule has 1 aliphatic rings. The van der Waals surface area contributed by atoms with Gasteiger partial charge < -0.3 is 14.2 Å². The van der Waals surface area contributed by atoms with Crippen molar-refractivity contribution in [1.82, 2.24) is 14.9 Å². The van der Waals surface area contributed by atoms with Crippen LogP contribution in [-0.4, -0.2) is 42.7 Å². The van der Waals surface area contributed by atoms with Crippen LogP contribution in [0.25, 0.3) is 11.4 Å². The fraction of sp³-hybridized carbons (Fsp3) is 0.304. The van der Waals surface area contributed by atoms with Crippen LogP contribution in [0.3, 0.4) is 0 Å². The molecule has 0 N–H and O–H groups in total. The molecule has 0 spiro atoms. The Morgan fingerprint density at radius 3 is 2.34 bits per heavy atom. The van der Waals surface area contributed by atoms with Gasteiger partial charge in [-0.3, -0.25) is 4.90 Å². The Morgan fingerprint density at radius 2 is 1.69 bits per heavy atom. The van der Waals surface area contributed by atoms with Crippen molar-refractivity contribution in [2.24, 2.45) is 0 Å². The summed E-state index contributed by atoms with van der Waals surface area (Å²) in [6, 6.07) is 14.1. The van der Waals surface area contributed by atoms with Crippen molar-refractivity contribution in [2.75, 3.05) is 27.9 Å². The van der Waals surface area contributed by atoms with Gasteiger partial charge in [0, 0.05) is 43.4 Å². The van der Waals surface area contributed by atoms with E-state index in [0.29, 0.717) is 17.2 Å². The van der Waals surface area contributed by atoms with E-state index < -0.39 is 0 Å². The molecule has 2 aromatic carbocycles. The predicted molar refractivity (Wildman–Crippen MR) is 111 cm³/mol. The second-order valence-corrected chi connectivity index (χ2v) is 7.03. The summed E-state index contributed by atoms with van der Waals surface area (Å²) < 4.78 is 16.4. The molecule has 0 saturated carbocycles. The fourth-order valence-electron chi connectivity index (χ4n) is 3.72. The van der Waals surface area contributed by atoms with Crippen LogP contribution < -0.4 is 14.2 Å². The van der Waals surface area contributed by atoms with Gasteiger partial charge in [-0.2, -0.15) is 0 Å².